The first-order chi connectivity index (χ1) is 9.84. The standard InChI is InChI=1S/C13H17N3O5/c1-21-11-5-9(4-10(6-11)16(19)20)7-15-3-2-13(14,8-15)12(17)18/h4-6H,2-3,7-8,14H2,1H3,(H,17,18). The first-order valence-corrected chi connectivity index (χ1v) is 6.41. The second-order valence-corrected chi connectivity index (χ2v) is 5.22. The van der Waals surface area contributed by atoms with E-state index in [-0.39, 0.29) is 12.2 Å². The number of carboxylic acid groups (broad SMARTS) is 1. The lowest BCUT2D eigenvalue weighted by molar-refractivity contribution is -0.385. The van der Waals surface area contributed by atoms with Crippen molar-refractivity contribution >= 4 is 11.7 Å². The summed E-state index contributed by atoms with van der Waals surface area (Å²) in [4.78, 5) is 23.4. The molecule has 1 aromatic rings. The molecular weight excluding hydrogens is 278 g/mol. The Morgan fingerprint density at radius 1 is 1.57 bits per heavy atom. The highest BCUT2D eigenvalue weighted by atomic mass is 16.6. The van der Waals surface area contributed by atoms with Gasteiger partial charge in [0.15, 0.2) is 0 Å². The molecule has 1 aliphatic rings. The van der Waals surface area contributed by atoms with Crippen molar-refractivity contribution < 1.29 is 19.6 Å². The van der Waals surface area contributed by atoms with Crippen molar-refractivity contribution in [2.75, 3.05) is 20.2 Å². The third-order valence-corrected chi connectivity index (χ3v) is 3.61. The Morgan fingerprint density at radius 3 is 2.81 bits per heavy atom. The zero-order valence-electron chi connectivity index (χ0n) is 11.6. The van der Waals surface area contributed by atoms with Gasteiger partial charge in [-0.15, -0.1) is 0 Å². The van der Waals surface area contributed by atoms with Crippen LogP contribution in [0.3, 0.4) is 0 Å². The predicted molar refractivity (Wildman–Crippen MR) is 74.1 cm³/mol. The minimum Gasteiger partial charge on any atom is -0.496 e. The van der Waals surface area contributed by atoms with Gasteiger partial charge in [-0.05, 0) is 18.1 Å². The second-order valence-electron chi connectivity index (χ2n) is 5.22. The molecule has 1 aliphatic heterocycles. The van der Waals surface area contributed by atoms with Gasteiger partial charge in [0.1, 0.15) is 11.3 Å². The van der Waals surface area contributed by atoms with Gasteiger partial charge in [0.25, 0.3) is 5.69 Å². The second kappa shape index (κ2) is 5.66. The van der Waals surface area contributed by atoms with Crippen LogP contribution >= 0.6 is 0 Å². The van der Waals surface area contributed by atoms with E-state index in [9.17, 15) is 14.9 Å². The number of methoxy groups -OCH3 is 1. The van der Waals surface area contributed by atoms with Crippen LogP contribution in [0.1, 0.15) is 12.0 Å². The Balaban J connectivity index is 2.15. The fraction of sp³-hybridized carbons (Fsp3) is 0.462. The predicted octanol–water partition coefficient (Wildman–Crippen LogP) is 0.591. The summed E-state index contributed by atoms with van der Waals surface area (Å²) in [5, 5.41) is 20.0. The molecule has 1 aromatic carbocycles. The summed E-state index contributed by atoms with van der Waals surface area (Å²) >= 11 is 0. The van der Waals surface area contributed by atoms with Gasteiger partial charge >= 0.3 is 5.97 Å². The van der Waals surface area contributed by atoms with Crippen molar-refractivity contribution in [1.29, 1.82) is 0 Å². The number of nitro groups is 1. The van der Waals surface area contributed by atoms with E-state index < -0.39 is 16.4 Å². The minimum atomic E-state index is -1.25. The van der Waals surface area contributed by atoms with E-state index in [0.717, 1.165) is 0 Å². The zero-order chi connectivity index (χ0) is 15.6. The summed E-state index contributed by atoms with van der Waals surface area (Å²) < 4.78 is 5.05. The van der Waals surface area contributed by atoms with Gasteiger partial charge in [-0.3, -0.25) is 19.8 Å². The van der Waals surface area contributed by atoms with Crippen LogP contribution in [0.5, 0.6) is 5.75 Å². The van der Waals surface area contributed by atoms with Gasteiger partial charge in [-0.2, -0.15) is 0 Å². The molecule has 0 radical (unpaired) electrons. The number of carbonyl (C=O) groups is 1. The number of likely N-dealkylation sites (tertiary alicyclic amines) is 1. The summed E-state index contributed by atoms with van der Waals surface area (Å²) in [5.41, 5.74) is 5.20. The van der Waals surface area contributed by atoms with Crippen LogP contribution in [-0.4, -0.2) is 46.6 Å². The molecule has 21 heavy (non-hydrogen) atoms. The lowest BCUT2D eigenvalue weighted by atomic mass is 10.0. The average molecular weight is 295 g/mol. The lowest BCUT2D eigenvalue weighted by Gasteiger charge is -2.20. The summed E-state index contributed by atoms with van der Waals surface area (Å²) in [7, 11) is 1.44. The number of ether oxygens (including phenoxy) is 1. The Labute approximate surface area is 121 Å². The third-order valence-electron chi connectivity index (χ3n) is 3.61. The van der Waals surface area contributed by atoms with Crippen LogP contribution in [0.2, 0.25) is 0 Å². The van der Waals surface area contributed by atoms with E-state index in [1.165, 1.54) is 19.2 Å². The molecule has 3 N–H and O–H groups in total. The molecule has 8 nitrogen and oxygen atoms in total. The number of hydrogen-bond acceptors (Lipinski definition) is 6. The number of nitrogens with zero attached hydrogens (tertiary/aromatic N) is 2. The summed E-state index contributed by atoms with van der Waals surface area (Å²) in [6, 6.07) is 4.50. The van der Waals surface area contributed by atoms with Crippen LogP contribution in [0.4, 0.5) is 5.69 Å². The SMILES string of the molecule is COc1cc(CN2CCC(N)(C(=O)O)C2)cc([N+](=O)[O-])c1. The van der Waals surface area contributed by atoms with Gasteiger partial charge in [0.05, 0.1) is 18.1 Å². The normalized spacial score (nSPS) is 22.2. The first-order valence-electron chi connectivity index (χ1n) is 6.41. The molecule has 1 unspecified atom stereocenters. The molecular formula is C13H17N3O5. The highest BCUT2D eigenvalue weighted by Gasteiger charge is 2.41. The first kappa shape index (κ1) is 15.2. The van der Waals surface area contributed by atoms with E-state index in [0.29, 0.717) is 30.8 Å². The number of nitrogens with two attached hydrogens (primary N) is 1. The fourth-order valence-corrected chi connectivity index (χ4v) is 2.44. The molecule has 0 saturated carbocycles. The van der Waals surface area contributed by atoms with E-state index in [4.69, 9.17) is 15.6 Å². The number of benzene rings is 1. The number of hydrogen-bond donors (Lipinski definition) is 2. The van der Waals surface area contributed by atoms with Gasteiger partial charge in [0.2, 0.25) is 0 Å². The maximum Gasteiger partial charge on any atom is 0.325 e. The number of nitro benzene ring substituents is 1. The molecule has 1 saturated heterocycles. The van der Waals surface area contributed by atoms with Crippen LogP contribution in [0.15, 0.2) is 18.2 Å². The van der Waals surface area contributed by atoms with Crippen molar-refractivity contribution in [3.05, 3.63) is 33.9 Å². The summed E-state index contributed by atoms with van der Waals surface area (Å²) in [6.07, 6.45) is 0.356. The van der Waals surface area contributed by atoms with Crippen molar-refractivity contribution in [3.63, 3.8) is 0 Å². The van der Waals surface area contributed by atoms with Gasteiger partial charge in [0, 0.05) is 25.7 Å². The Morgan fingerprint density at radius 2 is 2.29 bits per heavy atom. The average Bonchev–Trinajstić information content (AvgIpc) is 2.81. The molecule has 0 aliphatic carbocycles. The monoisotopic (exact) mass is 295 g/mol. The molecule has 0 spiro atoms. The van der Waals surface area contributed by atoms with Crippen LogP contribution in [0, 0.1) is 10.1 Å². The molecule has 8 heteroatoms. The van der Waals surface area contributed by atoms with Crippen molar-refractivity contribution in [2.45, 2.75) is 18.5 Å². The van der Waals surface area contributed by atoms with Gasteiger partial charge in [-0.1, -0.05) is 0 Å². The topological polar surface area (TPSA) is 119 Å². The quantitative estimate of drug-likeness (QED) is 0.602. The van der Waals surface area contributed by atoms with Crippen LogP contribution in [0.25, 0.3) is 0 Å². The molecule has 0 aromatic heterocycles. The van der Waals surface area contributed by atoms with E-state index in [1.807, 2.05) is 4.90 Å². The van der Waals surface area contributed by atoms with Crippen molar-refractivity contribution in [1.82, 2.24) is 4.90 Å². The minimum absolute atomic E-state index is 0.0548. The van der Waals surface area contributed by atoms with Crippen molar-refractivity contribution in [2.24, 2.45) is 5.73 Å². The summed E-state index contributed by atoms with van der Waals surface area (Å²) in [6.45, 7) is 1.14. The smallest absolute Gasteiger partial charge is 0.325 e. The molecule has 114 valence electrons. The highest BCUT2D eigenvalue weighted by Crippen LogP contribution is 2.26. The van der Waals surface area contributed by atoms with E-state index >= 15 is 0 Å². The Kier molecular flexibility index (Phi) is 4.10. The number of non-ortho nitro benzene ring substituents is 1. The van der Waals surface area contributed by atoms with Crippen LogP contribution in [-0.2, 0) is 11.3 Å². The number of carboxylic acids is 1. The molecule has 1 heterocycles. The summed E-state index contributed by atoms with van der Waals surface area (Å²) in [5.74, 6) is -0.628. The maximum atomic E-state index is 11.1. The number of aliphatic carboxylic acids is 1. The van der Waals surface area contributed by atoms with Crippen LogP contribution < -0.4 is 10.5 Å². The fourth-order valence-electron chi connectivity index (χ4n) is 2.44. The third kappa shape index (κ3) is 3.29. The van der Waals surface area contributed by atoms with Gasteiger partial charge < -0.3 is 15.6 Å². The molecule has 1 fully saturated rings. The lowest BCUT2D eigenvalue weighted by Crippen LogP contribution is -2.50. The Hall–Kier alpha value is -2.19. The zero-order valence-corrected chi connectivity index (χ0v) is 11.6. The van der Waals surface area contributed by atoms with Crippen molar-refractivity contribution in [3.8, 4) is 5.75 Å². The van der Waals surface area contributed by atoms with E-state index in [2.05, 4.69) is 0 Å². The molecule has 0 bridgehead atoms. The van der Waals surface area contributed by atoms with E-state index in [1.54, 1.807) is 6.07 Å². The maximum absolute atomic E-state index is 11.1. The van der Waals surface area contributed by atoms with Gasteiger partial charge in [-0.25, -0.2) is 0 Å². The molecule has 0 amide bonds. The Bertz CT molecular complexity index is 577. The molecule has 1 atom stereocenters. The highest BCUT2D eigenvalue weighted by molar-refractivity contribution is 5.79. The molecule has 2 rings (SSSR count). The largest absolute Gasteiger partial charge is 0.496 e. The number of rotatable bonds is 5.